The minimum atomic E-state index is 1.29. The van der Waals surface area contributed by atoms with Crippen molar-refractivity contribution in [2.45, 2.75) is 0 Å². The lowest BCUT2D eigenvalue weighted by Gasteiger charge is -2.28. The molecule has 110 valence electrons. The van der Waals surface area contributed by atoms with Crippen LogP contribution >= 0.6 is 0 Å². The molecule has 0 heterocycles. The zero-order valence-corrected chi connectivity index (χ0v) is 13.5. The third-order valence-electron chi connectivity index (χ3n) is 4.51. The summed E-state index contributed by atoms with van der Waals surface area (Å²) in [6, 6.07) is 17.7. The maximum Gasteiger partial charge on any atom is 0.0685 e. The minimum absolute atomic E-state index is 1.29. The number of hydrogen-bond acceptors (Lipinski definition) is 2. The van der Waals surface area contributed by atoms with Crippen LogP contribution in [0, 0.1) is 0 Å². The van der Waals surface area contributed by atoms with Gasteiger partial charge in [-0.15, -0.1) is 0 Å². The van der Waals surface area contributed by atoms with Crippen molar-refractivity contribution in [1.82, 2.24) is 0 Å². The molecule has 0 aliphatic heterocycles. The fourth-order valence-electron chi connectivity index (χ4n) is 3.71. The molecule has 4 aromatic carbocycles. The van der Waals surface area contributed by atoms with E-state index in [1.165, 1.54) is 43.7 Å². The zero-order valence-electron chi connectivity index (χ0n) is 13.5. The first-order valence-corrected chi connectivity index (χ1v) is 7.63. The van der Waals surface area contributed by atoms with Gasteiger partial charge < -0.3 is 9.80 Å². The van der Waals surface area contributed by atoms with Gasteiger partial charge in [0.05, 0.1) is 11.4 Å². The van der Waals surface area contributed by atoms with Crippen molar-refractivity contribution in [3.63, 3.8) is 0 Å². The average molecular weight is 288 g/mol. The molecule has 4 rings (SSSR count). The minimum Gasteiger partial charge on any atom is -0.375 e. The normalized spacial score (nSPS) is 11.6. The molecular weight excluding hydrogens is 268 g/mol. The predicted molar refractivity (Wildman–Crippen MR) is 98.8 cm³/mol. The van der Waals surface area contributed by atoms with Crippen LogP contribution in [0.1, 0.15) is 0 Å². The van der Waals surface area contributed by atoms with Crippen molar-refractivity contribution in [3.05, 3.63) is 48.5 Å². The van der Waals surface area contributed by atoms with Gasteiger partial charge in [-0.3, -0.25) is 0 Å². The van der Waals surface area contributed by atoms with E-state index in [4.69, 9.17) is 0 Å². The molecule has 0 N–H and O–H groups in total. The molecule has 0 saturated heterocycles. The van der Waals surface area contributed by atoms with Crippen LogP contribution in [0.5, 0.6) is 0 Å². The molecule has 0 amide bonds. The molecule has 0 aliphatic rings. The Morgan fingerprint density at radius 3 is 1.32 bits per heavy atom. The van der Waals surface area contributed by atoms with Gasteiger partial charge in [0.2, 0.25) is 0 Å². The molecule has 0 saturated carbocycles. The van der Waals surface area contributed by atoms with E-state index in [0.29, 0.717) is 0 Å². The van der Waals surface area contributed by atoms with Crippen molar-refractivity contribution in [2.75, 3.05) is 38.0 Å². The fourth-order valence-corrected chi connectivity index (χ4v) is 3.71. The van der Waals surface area contributed by atoms with E-state index in [2.05, 4.69) is 86.5 Å². The summed E-state index contributed by atoms with van der Waals surface area (Å²) in [7, 11) is 8.52. The Hall–Kier alpha value is -2.48. The maximum atomic E-state index is 2.25. The summed E-state index contributed by atoms with van der Waals surface area (Å²) >= 11 is 0. The van der Waals surface area contributed by atoms with Gasteiger partial charge >= 0.3 is 0 Å². The summed E-state index contributed by atoms with van der Waals surface area (Å²) in [5, 5.41) is 8.05. The molecule has 4 aromatic rings. The van der Waals surface area contributed by atoms with Crippen molar-refractivity contribution >= 4 is 43.7 Å². The highest BCUT2D eigenvalue weighted by atomic mass is 15.1. The summed E-state index contributed by atoms with van der Waals surface area (Å²) < 4.78 is 0. The predicted octanol–water partition coefficient (Wildman–Crippen LogP) is 4.72. The van der Waals surface area contributed by atoms with Gasteiger partial charge in [0, 0.05) is 39.0 Å². The van der Waals surface area contributed by atoms with Crippen LogP contribution in [0.25, 0.3) is 32.3 Å². The highest BCUT2D eigenvalue weighted by Gasteiger charge is 2.19. The van der Waals surface area contributed by atoms with Gasteiger partial charge in [0.15, 0.2) is 0 Å². The van der Waals surface area contributed by atoms with E-state index in [-0.39, 0.29) is 0 Å². The lowest BCUT2D eigenvalue weighted by atomic mass is 9.91. The van der Waals surface area contributed by atoms with Crippen LogP contribution in [0.3, 0.4) is 0 Å². The molecule has 0 atom stereocenters. The monoisotopic (exact) mass is 288 g/mol. The second-order valence-electron chi connectivity index (χ2n) is 6.36. The number of rotatable bonds is 2. The highest BCUT2D eigenvalue weighted by Crippen LogP contribution is 2.46. The first-order valence-electron chi connectivity index (χ1n) is 7.63. The zero-order chi connectivity index (χ0) is 15.4. The SMILES string of the molecule is CN(C)c1c(N(C)C)c2cccc3ccc4cccc1c4c32. The van der Waals surface area contributed by atoms with Crippen LogP contribution in [-0.2, 0) is 0 Å². The van der Waals surface area contributed by atoms with E-state index in [9.17, 15) is 0 Å². The second-order valence-corrected chi connectivity index (χ2v) is 6.36. The van der Waals surface area contributed by atoms with Gasteiger partial charge in [0.1, 0.15) is 0 Å². The van der Waals surface area contributed by atoms with E-state index in [0.717, 1.165) is 0 Å². The molecule has 0 fully saturated rings. The third kappa shape index (κ3) is 1.61. The van der Waals surface area contributed by atoms with Crippen molar-refractivity contribution < 1.29 is 0 Å². The highest BCUT2D eigenvalue weighted by molar-refractivity contribution is 6.30. The molecule has 2 heteroatoms. The maximum absolute atomic E-state index is 2.25. The summed E-state index contributed by atoms with van der Waals surface area (Å²) in [5.74, 6) is 0. The van der Waals surface area contributed by atoms with Gasteiger partial charge in [-0.05, 0) is 21.5 Å². The lowest BCUT2D eigenvalue weighted by molar-refractivity contribution is 1.09. The van der Waals surface area contributed by atoms with Gasteiger partial charge in [0.25, 0.3) is 0 Å². The van der Waals surface area contributed by atoms with Gasteiger partial charge in [-0.25, -0.2) is 0 Å². The molecule has 0 bridgehead atoms. The van der Waals surface area contributed by atoms with E-state index in [1.807, 2.05) is 0 Å². The summed E-state index contributed by atoms with van der Waals surface area (Å²) in [6.07, 6.45) is 0. The van der Waals surface area contributed by atoms with Crippen LogP contribution < -0.4 is 9.80 Å². The number of benzene rings is 4. The molecule has 22 heavy (non-hydrogen) atoms. The van der Waals surface area contributed by atoms with E-state index in [1.54, 1.807) is 0 Å². The van der Waals surface area contributed by atoms with Gasteiger partial charge in [-0.1, -0.05) is 48.5 Å². The Bertz CT molecular complexity index is 902. The van der Waals surface area contributed by atoms with Crippen molar-refractivity contribution in [2.24, 2.45) is 0 Å². The first-order chi connectivity index (χ1) is 10.6. The molecule has 0 aromatic heterocycles. The largest absolute Gasteiger partial charge is 0.375 e. The van der Waals surface area contributed by atoms with Crippen molar-refractivity contribution in [3.8, 4) is 0 Å². The second kappa shape index (κ2) is 4.51. The van der Waals surface area contributed by atoms with E-state index >= 15 is 0 Å². The Kier molecular flexibility index (Phi) is 2.70. The van der Waals surface area contributed by atoms with Crippen LogP contribution in [0.15, 0.2) is 48.5 Å². The standard InChI is InChI=1S/C20H20N2/c1-21(2)19-15-9-5-7-13-11-12-14-8-6-10-16(18(14)17(13)15)20(19)22(3)4/h5-12H,1-4H3. The molecule has 0 aliphatic carbocycles. The molecule has 2 nitrogen and oxygen atoms in total. The summed E-state index contributed by atoms with van der Waals surface area (Å²) in [4.78, 5) is 4.47. The molecule has 0 radical (unpaired) electrons. The third-order valence-corrected chi connectivity index (χ3v) is 4.51. The van der Waals surface area contributed by atoms with Crippen LogP contribution in [0.2, 0.25) is 0 Å². The Labute approximate surface area is 130 Å². The number of nitrogens with zero attached hydrogens (tertiary/aromatic N) is 2. The van der Waals surface area contributed by atoms with Crippen LogP contribution in [-0.4, -0.2) is 28.2 Å². The Morgan fingerprint density at radius 1 is 0.545 bits per heavy atom. The fraction of sp³-hybridized carbons (Fsp3) is 0.200. The molecular formula is C20H20N2. The molecule has 0 spiro atoms. The quantitative estimate of drug-likeness (QED) is 0.493. The number of anilines is 2. The topological polar surface area (TPSA) is 6.48 Å². The lowest BCUT2D eigenvalue weighted by Crippen LogP contribution is -2.17. The Balaban J connectivity index is 2.41. The first kappa shape index (κ1) is 13.2. The Morgan fingerprint density at radius 2 is 0.955 bits per heavy atom. The van der Waals surface area contributed by atoms with E-state index < -0.39 is 0 Å². The smallest absolute Gasteiger partial charge is 0.0685 e. The van der Waals surface area contributed by atoms with Crippen molar-refractivity contribution in [1.29, 1.82) is 0 Å². The summed E-state index contributed by atoms with van der Waals surface area (Å²) in [6.45, 7) is 0. The van der Waals surface area contributed by atoms with Gasteiger partial charge in [-0.2, -0.15) is 0 Å². The summed E-state index contributed by atoms with van der Waals surface area (Å²) in [5.41, 5.74) is 2.59. The van der Waals surface area contributed by atoms with Crippen LogP contribution in [0.4, 0.5) is 11.4 Å². The number of hydrogen-bond donors (Lipinski definition) is 0. The molecule has 0 unspecified atom stereocenters. The average Bonchev–Trinajstić information content (AvgIpc) is 2.51.